The van der Waals surface area contributed by atoms with E-state index in [-0.39, 0.29) is 0 Å². The van der Waals surface area contributed by atoms with Gasteiger partial charge in [-0.3, -0.25) is 0 Å². The van der Waals surface area contributed by atoms with Crippen LogP contribution in [-0.2, 0) is 13.3 Å². The summed E-state index contributed by atoms with van der Waals surface area (Å²) in [6, 6.07) is 0.674. The van der Waals surface area contributed by atoms with Gasteiger partial charge in [0.1, 0.15) is 0 Å². The van der Waals surface area contributed by atoms with Crippen LogP contribution in [0.3, 0.4) is 0 Å². The van der Waals surface area contributed by atoms with E-state index in [2.05, 4.69) is 0 Å². The molecular weight excluding hydrogens is 162 g/mol. The first-order valence-corrected chi connectivity index (χ1v) is 5.62. The molecule has 0 aliphatic heterocycles. The Kier molecular flexibility index (Phi) is 5.70. The van der Waals surface area contributed by atoms with Gasteiger partial charge in [0.05, 0.1) is 0 Å². The number of nitrogens with two attached hydrogens (primary N) is 1. The minimum absolute atomic E-state index is 0.536. The van der Waals surface area contributed by atoms with Crippen LogP contribution in [0.15, 0.2) is 0 Å². The normalized spacial score (nSPS) is 12.0. The molecule has 0 aromatic carbocycles. The molecule has 5 heteroatoms. The largest absolute Gasteiger partial charge is 0.501 e. The quantitative estimate of drug-likeness (QED) is 0.592. The smallest absolute Gasteiger partial charge is 0.377 e. The maximum Gasteiger partial charge on any atom is 0.501 e. The van der Waals surface area contributed by atoms with Crippen molar-refractivity contribution in [3.05, 3.63) is 0 Å². The van der Waals surface area contributed by atoms with Gasteiger partial charge in [-0.05, 0) is 13.5 Å². The molecule has 0 aromatic rings. The van der Waals surface area contributed by atoms with Crippen LogP contribution < -0.4 is 5.73 Å². The van der Waals surface area contributed by atoms with Gasteiger partial charge in [0, 0.05) is 26.9 Å². The van der Waals surface area contributed by atoms with Gasteiger partial charge < -0.3 is 19.0 Å². The third-order valence-electron chi connectivity index (χ3n) is 1.44. The van der Waals surface area contributed by atoms with Crippen molar-refractivity contribution in [3.8, 4) is 0 Å². The highest BCUT2D eigenvalue weighted by Crippen LogP contribution is 2.11. The van der Waals surface area contributed by atoms with E-state index in [1.807, 2.05) is 6.92 Å². The summed E-state index contributed by atoms with van der Waals surface area (Å²) in [4.78, 5) is 0. The molecule has 0 spiro atoms. The first kappa shape index (κ1) is 11.1. The minimum atomic E-state index is -2.37. The Morgan fingerprint density at radius 1 is 1.27 bits per heavy atom. The Morgan fingerprint density at radius 2 is 1.82 bits per heavy atom. The van der Waals surface area contributed by atoms with E-state index in [0.717, 1.165) is 0 Å². The van der Waals surface area contributed by atoms with Crippen LogP contribution >= 0.6 is 0 Å². The molecule has 0 aliphatic carbocycles. The topological polar surface area (TPSA) is 53.7 Å². The molecule has 0 saturated heterocycles. The molecular formula is C6H17NO3Si. The molecule has 0 saturated carbocycles. The lowest BCUT2D eigenvalue weighted by Gasteiger charge is -2.24. The molecule has 0 bridgehead atoms. The minimum Gasteiger partial charge on any atom is -0.377 e. The van der Waals surface area contributed by atoms with Gasteiger partial charge in [-0.15, -0.1) is 0 Å². The van der Waals surface area contributed by atoms with Crippen molar-refractivity contribution in [2.24, 2.45) is 5.73 Å². The standard InChI is InChI=1S/C6H17NO3Si/c1-4-10-11(8-2,9-3)6-5-7/h4-7H2,1-3H3. The zero-order valence-corrected chi connectivity index (χ0v) is 8.42. The van der Waals surface area contributed by atoms with Gasteiger partial charge >= 0.3 is 8.80 Å². The predicted octanol–water partition coefficient (Wildman–Crippen LogP) is 0.213. The summed E-state index contributed by atoms with van der Waals surface area (Å²) in [6.07, 6.45) is 0. The summed E-state index contributed by atoms with van der Waals surface area (Å²) >= 11 is 0. The molecule has 2 N–H and O–H groups in total. The van der Waals surface area contributed by atoms with Crippen LogP contribution in [0, 0.1) is 0 Å². The summed E-state index contributed by atoms with van der Waals surface area (Å²) in [6.45, 7) is 3.05. The molecule has 11 heavy (non-hydrogen) atoms. The Morgan fingerprint density at radius 3 is 2.09 bits per heavy atom. The first-order chi connectivity index (χ1) is 5.24. The van der Waals surface area contributed by atoms with Crippen LogP contribution in [0.1, 0.15) is 6.92 Å². The highest BCUT2D eigenvalue weighted by Gasteiger charge is 2.37. The van der Waals surface area contributed by atoms with Crippen molar-refractivity contribution < 1.29 is 13.3 Å². The lowest BCUT2D eigenvalue weighted by molar-refractivity contribution is 0.105. The van der Waals surface area contributed by atoms with E-state index in [1.54, 1.807) is 14.2 Å². The van der Waals surface area contributed by atoms with Crippen molar-refractivity contribution in [1.29, 1.82) is 0 Å². The van der Waals surface area contributed by atoms with E-state index in [1.165, 1.54) is 0 Å². The lowest BCUT2D eigenvalue weighted by atomic mass is 10.8. The Balaban J connectivity index is 3.96. The Bertz CT molecular complexity index is 89.8. The number of hydrogen-bond donors (Lipinski definition) is 1. The molecule has 68 valence electrons. The number of rotatable bonds is 6. The Hall–Kier alpha value is 0.0569. The molecule has 0 fully saturated rings. The molecule has 4 nitrogen and oxygen atoms in total. The SMILES string of the molecule is CCO[Si](CCN)(OC)OC. The van der Waals surface area contributed by atoms with Gasteiger partial charge in [0.2, 0.25) is 0 Å². The fourth-order valence-electron chi connectivity index (χ4n) is 0.874. The van der Waals surface area contributed by atoms with Crippen molar-refractivity contribution >= 4 is 8.80 Å². The van der Waals surface area contributed by atoms with Crippen LogP contribution in [0.25, 0.3) is 0 Å². The second kappa shape index (κ2) is 5.67. The third kappa shape index (κ3) is 3.30. The summed E-state index contributed by atoms with van der Waals surface area (Å²) in [5.74, 6) is 0. The number of hydrogen-bond acceptors (Lipinski definition) is 4. The van der Waals surface area contributed by atoms with Crippen LogP contribution in [0.2, 0.25) is 6.04 Å². The summed E-state index contributed by atoms with van der Waals surface area (Å²) in [5, 5.41) is 0. The van der Waals surface area contributed by atoms with E-state index < -0.39 is 8.80 Å². The molecule has 0 atom stereocenters. The van der Waals surface area contributed by atoms with Gasteiger partial charge in [-0.25, -0.2) is 0 Å². The van der Waals surface area contributed by atoms with E-state index in [4.69, 9.17) is 19.0 Å². The second-order valence-electron chi connectivity index (χ2n) is 2.06. The average molecular weight is 179 g/mol. The summed E-state index contributed by atoms with van der Waals surface area (Å²) < 4.78 is 15.7. The van der Waals surface area contributed by atoms with E-state index in [0.29, 0.717) is 19.2 Å². The maximum absolute atomic E-state index is 5.39. The highest BCUT2D eigenvalue weighted by molar-refractivity contribution is 6.60. The van der Waals surface area contributed by atoms with Gasteiger partial charge in [0.25, 0.3) is 0 Å². The molecule has 0 heterocycles. The predicted molar refractivity (Wildman–Crippen MR) is 45.3 cm³/mol. The Labute approximate surface area is 69.0 Å². The highest BCUT2D eigenvalue weighted by atomic mass is 28.4. The zero-order chi connectivity index (χ0) is 8.74. The maximum atomic E-state index is 5.39. The summed E-state index contributed by atoms with van der Waals surface area (Å²) in [7, 11) is 0.828. The second-order valence-corrected chi connectivity index (χ2v) is 5.03. The molecule has 0 rings (SSSR count). The molecule has 0 radical (unpaired) electrons. The van der Waals surface area contributed by atoms with Crippen molar-refractivity contribution in [2.45, 2.75) is 13.0 Å². The third-order valence-corrected chi connectivity index (χ3v) is 4.31. The molecule has 0 amide bonds. The van der Waals surface area contributed by atoms with E-state index in [9.17, 15) is 0 Å². The first-order valence-electron chi connectivity index (χ1n) is 3.69. The van der Waals surface area contributed by atoms with Crippen LogP contribution in [-0.4, -0.2) is 36.2 Å². The van der Waals surface area contributed by atoms with Crippen molar-refractivity contribution in [1.82, 2.24) is 0 Å². The van der Waals surface area contributed by atoms with Crippen molar-refractivity contribution in [3.63, 3.8) is 0 Å². The average Bonchev–Trinajstić information content (AvgIpc) is 2.04. The van der Waals surface area contributed by atoms with Gasteiger partial charge in [-0.1, -0.05) is 0 Å². The lowest BCUT2D eigenvalue weighted by Crippen LogP contribution is -2.45. The zero-order valence-electron chi connectivity index (χ0n) is 7.42. The molecule has 0 aromatic heterocycles. The monoisotopic (exact) mass is 179 g/mol. The molecule has 0 unspecified atom stereocenters. The molecule has 0 aliphatic rings. The fourth-order valence-corrected chi connectivity index (χ4v) is 2.62. The fraction of sp³-hybridized carbons (Fsp3) is 1.00. The van der Waals surface area contributed by atoms with Crippen LogP contribution in [0.4, 0.5) is 0 Å². The summed E-state index contributed by atoms with van der Waals surface area (Å²) in [5.41, 5.74) is 5.39. The van der Waals surface area contributed by atoms with Gasteiger partial charge in [-0.2, -0.15) is 0 Å². The van der Waals surface area contributed by atoms with Gasteiger partial charge in [0.15, 0.2) is 0 Å². The van der Waals surface area contributed by atoms with E-state index >= 15 is 0 Å². The van der Waals surface area contributed by atoms with Crippen molar-refractivity contribution in [2.75, 3.05) is 27.4 Å². The van der Waals surface area contributed by atoms with Crippen LogP contribution in [0.5, 0.6) is 0 Å².